The number of rotatable bonds is 6. The van der Waals surface area contributed by atoms with Crippen molar-refractivity contribution in [3.05, 3.63) is 57.0 Å². The zero-order chi connectivity index (χ0) is 24.6. The van der Waals surface area contributed by atoms with Crippen LogP contribution in [0.15, 0.2) is 35.7 Å². The van der Waals surface area contributed by atoms with E-state index in [1.165, 1.54) is 22.7 Å². The molecular weight excluding hydrogens is 487 g/mol. The Bertz CT molecular complexity index is 1190. The van der Waals surface area contributed by atoms with Gasteiger partial charge in [-0.1, -0.05) is 30.3 Å². The number of Topliss-reactive ketones (excluding diaryl/α,β-unsaturated/α-hetero) is 1. The van der Waals surface area contributed by atoms with Crippen LogP contribution in [0.1, 0.15) is 46.6 Å². The molecule has 34 heavy (non-hydrogen) atoms. The van der Waals surface area contributed by atoms with Crippen LogP contribution < -0.4 is 0 Å². The second kappa shape index (κ2) is 9.55. The molecule has 3 aromatic rings. The lowest BCUT2D eigenvalue weighted by atomic mass is 9.95. The molecule has 1 fully saturated rings. The number of aryl methyl sites for hydroxylation is 1. The van der Waals surface area contributed by atoms with Gasteiger partial charge in [-0.2, -0.15) is 13.2 Å². The van der Waals surface area contributed by atoms with Gasteiger partial charge in [0.2, 0.25) is 0 Å². The van der Waals surface area contributed by atoms with Crippen LogP contribution in [-0.2, 0) is 16.0 Å². The standard InChI is InChI=1S/C23H22F3N3O3S2/c1-12-20(34-21(27-12)13(2)30)16-11-33-19(28-16)9-18(31)17-8-15(14-6-4-3-5-7-14)10-29(17)22(32)23(24,25)26/h3-7,11,13,15,17,30H,8-10H2,1-2H3/t13?,15-,17+/m1/s1. The van der Waals surface area contributed by atoms with Gasteiger partial charge in [-0.25, -0.2) is 9.97 Å². The number of nitrogens with zero attached hydrogens (tertiary/aromatic N) is 3. The highest BCUT2D eigenvalue weighted by molar-refractivity contribution is 7.16. The second-order valence-corrected chi connectivity index (χ2v) is 10.2. The third-order valence-corrected chi connectivity index (χ3v) is 7.93. The van der Waals surface area contributed by atoms with Gasteiger partial charge in [-0.3, -0.25) is 9.59 Å². The third kappa shape index (κ3) is 5.06. The molecule has 0 bridgehead atoms. The topological polar surface area (TPSA) is 83.4 Å². The smallest absolute Gasteiger partial charge is 0.386 e. The number of likely N-dealkylation sites (tertiary alicyclic amines) is 1. The van der Waals surface area contributed by atoms with Crippen molar-refractivity contribution in [3.63, 3.8) is 0 Å². The largest absolute Gasteiger partial charge is 0.471 e. The predicted octanol–water partition coefficient (Wildman–Crippen LogP) is 4.69. The number of aliphatic hydroxyl groups is 1. The highest BCUT2D eigenvalue weighted by atomic mass is 32.1. The molecule has 180 valence electrons. The summed E-state index contributed by atoms with van der Waals surface area (Å²) in [5.74, 6) is -2.82. The summed E-state index contributed by atoms with van der Waals surface area (Å²) in [4.78, 5) is 35.4. The second-order valence-electron chi connectivity index (χ2n) is 8.23. The molecule has 1 N–H and O–H groups in total. The van der Waals surface area contributed by atoms with Crippen LogP contribution in [0.2, 0.25) is 0 Å². The van der Waals surface area contributed by atoms with E-state index in [9.17, 15) is 27.9 Å². The first kappa shape index (κ1) is 24.5. The number of amides is 1. The summed E-state index contributed by atoms with van der Waals surface area (Å²) in [7, 11) is 0. The monoisotopic (exact) mass is 509 g/mol. The van der Waals surface area contributed by atoms with E-state index < -0.39 is 30.0 Å². The van der Waals surface area contributed by atoms with E-state index in [2.05, 4.69) is 9.97 Å². The van der Waals surface area contributed by atoms with Crippen LogP contribution in [0.5, 0.6) is 0 Å². The Morgan fingerprint density at radius 3 is 2.56 bits per heavy atom. The first-order valence-electron chi connectivity index (χ1n) is 10.6. The van der Waals surface area contributed by atoms with Gasteiger partial charge in [0, 0.05) is 17.8 Å². The van der Waals surface area contributed by atoms with Gasteiger partial charge >= 0.3 is 12.1 Å². The molecule has 2 aromatic heterocycles. The number of hydrogen-bond donors (Lipinski definition) is 1. The van der Waals surface area contributed by atoms with E-state index in [1.54, 1.807) is 49.6 Å². The van der Waals surface area contributed by atoms with Gasteiger partial charge in [0.25, 0.3) is 0 Å². The van der Waals surface area contributed by atoms with Crippen LogP contribution >= 0.6 is 22.7 Å². The van der Waals surface area contributed by atoms with E-state index >= 15 is 0 Å². The molecule has 4 rings (SSSR count). The molecule has 1 saturated heterocycles. The minimum absolute atomic E-state index is 0.134. The van der Waals surface area contributed by atoms with Crippen LogP contribution in [0.3, 0.4) is 0 Å². The van der Waals surface area contributed by atoms with Crippen molar-refractivity contribution in [2.45, 2.75) is 50.9 Å². The highest BCUT2D eigenvalue weighted by Gasteiger charge is 2.49. The minimum atomic E-state index is -5.05. The molecule has 0 radical (unpaired) electrons. The van der Waals surface area contributed by atoms with Crippen molar-refractivity contribution in [3.8, 4) is 10.6 Å². The van der Waals surface area contributed by atoms with Crippen molar-refractivity contribution < 1.29 is 27.9 Å². The van der Waals surface area contributed by atoms with Crippen molar-refractivity contribution in [1.82, 2.24) is 14.9 Å². The molecular formula is C23H22F3N3O3S2. The number of alkyl halides is 3. The fraction of sp³-hybridized carbons (Fsp3) is 0.391. The number of carbonyl (C=O) groups excluding carboxylic acids is 2. The number of aliphatic hydroxyl groups excluding tert-OH is 1. The Kier molecular flexibility index (Phi) is 6.88. The SMILES string of the molecule is Cc1nc(C(C)O)sc1-c1csc(CC(=O)[C@@H]2C[C@@H](c3ccccc3)CN2C(=O)C(F)(F)F)n1. The van der Waals surface area contributed by atoms with E-state index in [-0.39, 0.29) is 25.3 Å². The summed E-state index contributed by atoms with van der Waals surface area (Å²) < 4.78 is 39.7. The third-order valence-electron chi connectivity index (χ3n) is 5.73. The Morgan fingerprint density at radius 1 is 1.24 bits per heavy atom. The van der Waals surface area contributed by atoms with E-state index in [0.717, 1.165) is 10.4 Å². The Balaban J connectivity index is 1.54. The normalized spacial score (nSPS) is 19.4. The Morgan fingerprint density at radius 2 is 1.94 bits per heavy atom. The lowest BCUT2D eigenvalue weighted by Crippen LogP contribution is -2.47. The Labute approximate surface area is 202 Å². The van der Waals surface area contributed by atoms with Crippen molar-refractivity contribution in [2.75, 3.05) is 6.54 Å². The van der Waals surface area contributed by atoms with Crippen molar-refractivity contribution >= 4 is 34.4 Å². The number of thiazole rings is 2. The number of benzene rings is 1. The van der Waals surface area contributed by atoms with Crippen molar-refractivity contribution in [2.24, 2.45) is 0 Å². The molecule has 3 atom stereocenters. The van der Waals surface area contributed by atoms with Gasteiger partial charge in [0.15, 0.2) is 5.78 Å². The fourth-order valence-electron chi connectivity index (χ4n) is 4.09. The van der Waals surface area contributed by atoms with Crippen molar-refractivity contribution in [1.29, 1.82) is 0 Å². The number of hydrogen-bond acceptors (Lipinski definition) is 7. The van der Waals surface area contributed by atoms with Crippen LogP contribution in [0, 0.1) is 6.92 Å². The summed E-state index contributed by atoms with van der Waals surface area (Å²) in [5.41, 5.74) is 2.10. The molecule has 0 saturated carbocycles. The van der Waals surface area contributed by atoms with E-state index in [0.29, 0.717) is 26.3 Å². The minimum Gasteiger partial charge on any atom is -0.386 e. The molecule has 1 aliphatic rings. The lowest BCUT2D eigenvalue weighted by molar-refractivity contribution is -0.186. The van der Waals surface area contributed by atoms with Gasteiger partial charge in [0.1, 0.15) is 16.1 Å². The molecule has 3 heterocycles. The quantitative estimate of drug-likeness (QED) is 0.522. The average Bonchev–Trinajstić information content (AvgIpc) is 3.51. The number of carbonyl (C=O) groups is 2. The maximum atomic E-state index is 13.2. The van der Waals surface area contributed by atoms with Gasteiger partial charge in [-0.15, -0.1) is 22.7 Å². The number of halogens is 3. The first-order chi connectivity index (χ1) is 16.0. The molecule has 1 unspecified atom stereocenters. The fourth-order valence-corrected chi connectivity index (χ4v) is 5.93. The average molecular weight is 510 g/mol. The molecule has 0 spiro atoms. The maximum absolute atomic E-state index is 13.2. The molecule has 11 heteroatoms. The molecule has 0 aliphatic carbocycles. The van der Waals surface area contributed by atoms with E-state index in [4.69, 9.17) is 0 Å². The van der Waals surface area contributed by atoms with Crippen LogP contribution in [0.4, 0.5) is 13.2 Å². The molecule has 1 amide bonds. The zero-order valence-corrected chi connectivity index (χ0v) is 20.0. The zero-order valence-electron chi connectivity index (χ0n) is 18.4. The molecule has 6 nitrogen and oxygen atoms in total. The summed E-state index contributed by atoms with van der Waals surface area (Å²) >= 11 is 2.53. The predicted molar refractivity (Wildman–Crippen MR) is 123 cm³/mol. The molecule has 1 aromatic carbocycles. The number of aromatic nitrogens is 2. The van der Waals surface area contributed by atoms with Crippen LogP contribution in [-0.4, -0.2) is 50.4 Å². The van der Waals surface area contributed by atoms with Gasteiger partial charge in [-0.05, 0) is 25.8 Å². The first-order valence-corrected chi connectivity index (χ1v) is 12.3. The summed E-state index contributed by atoms with van der Waals surface area (Å²) in [5, 5.41) is 12.5. The van der Waals surface area contributed by atoms with Crippen LogP contribution in [0.25, 0.3) is 10.6 Å². The summed E-state index contributed by atoms with van der Waals surface area (Å²) in [6.07, 6.45) is -5.80. The van der Waals surface area contributed by atoms with Gasteiger partial charge in [0.05, 0.1) is 28.7 Å². The Hall–Kier alpha value is -2.63. The van der Waals surface area contributed by atoms with Gasteiger partial charge < -0.3 is 10.0 Å². The maximum Gasteiger partial charge on any atom is 0.471 e. The highest BCUT2D eigenvalue weighted by Crippen LogP contribution is 2.36. The summed E-state index contributed by atoms with van der Waals surface area (Å²) in [6.45, 7) is 3.25. The summed E-state index contributed by atoms with van der Waals surface area (Å²) in [6, 6.07) is 7.77. The molecule has 1 aliphatic heterocycles. The number of ketones is 1. The lowest BCUT2D eigenvalue weighted by Gasteiger charge is -2.24. The van der Waals surface area contributed by atoms with E-state index in [1.807, 2.05) is 0 Å².